The largest absolute Gasteiger partial charge is 0.462 e. The molecule has 0 saturated heterocycles. The Labute approximate surface area is 473 Å². The molecule has 432 valence electrons. The Balaban J connectivity index is 4.35. The summed E-state index contributed by atoms with van der Waals surface area (Å²) in [5, 5.41) is 0. The van der Waals surface area contributed by atoms with Crippen LogP contribution in [-0.4, -0.2) is 37.2 Å². The third kappa shape index (κ3) is 61.8. The number of carbonyl (C=O) groups excluding carboxylic acids is 3. The number of allylic oxidation sites excluding steroid dienone is 26. The average Bonchev–Trinajstić information content (AvgIpc) is 3.43. The quantitative estimate of drug-likeness (QED) is 0.0261. The van der Waals surface area contributed by atoms with Gasteiger partial charge in [-0.25, -0.2) is 0 Å². The SMILES string of the molecule is CC/C=C\C/C=C\C/C=C\C/C=C\C/C=C\C/C=C\C/C=C\C/C=C\CCCCCCCCC(=O)OCC(COC(=O)CCCCCCC/C=C\CCCC)OC(=O)CCCCCC/C=C\C/C=C\C/C=C\C/C=C\CC. The number of ether oxygens (including phenoxy) is 3. The molecule has 0 bridgehead atoms. The Kier molecular flexibility index (Phi) is 59.5. The second-order valence-corrected chi connectivity index (χ2v) is 19.8. The molecule has 0 fully saturated rings. The highest BCUT2D eigenvalue weighted by molar-refractivity contribution is 5.71. The Bertz CT molecular complexity index is 1740. The summed E-state index contributed by atoms with van der Waals surface area (Å²) in [6.45, 7) is 6.32. The van der Waals surface area contributed by atoms with Crippen molar-refractivity contribution >= 4 is 17.9 Å². The lowest BCUT2D eigenvalue weighted by Crippen LogP contribution is -2.30. The summed E-state index contributed by atoms with van der Waals surface area (Å²) in [5.74, 6) is -0.957. The summed E-state index contributed by atoms with van der Waals surface area (Å²) in [7, 11) is 0. The molecule has 0 aliphatic heterocycles. The van der Waals surface area contributed by atoms with Gasteiger partial charge in [0.2, 0.25) is 0 Å². The maximum absolute atomic E-state index is 12.9. The van der Waals surface area contributed by atoms with Gasteiger partial charge in [-0.3, -0.25) is 14.4 Å². The Morgan fingerprint density at radius 3 is 0.805 bits per heavy atom. The van der Waals surface area contributed by atoms with Crippen molar-refractivity contribution in [2.45, 2.75) is 258 Å². The van der Waals surface area contributed by atoms with Gasteiger partial charge in [0.1, 0.15) is 13.2 Å². The number of esters is 3. The summed E-state index contributed by atoms with van der Waals surface area (Å²) in [4.78, 5) is 38.2. The number of hydrogen-bond acceptors (Lipinski definition) is 6. The monoisotopic (exact) mass is 1060 g/mol. The lowest BCUT2D eigenvalue weighted by molar-refractivity contribution is -0.167. The van der Waals surface area contributed by atoms with Crippen LogP contribution in [0.5, 0.6) is 0 Å². The van der Waals surface area contributed by atoms with E-state index in [4.69, 9.17) is 14.2 Å². The van der Waals surface area contributed by atoms with Gasteiger partial charge in [-0.05, 0) is 141 Å². The molecule has 0 rings (SSSR count). The van der Waals surface area contributed by atoms with Crippen LogP contribution in [-0.2, 0) is 28.6 Å². The molecule has 0 aliphatic carbocycles. The van der Waals surface area contributed by atoms with Crippen molar-refractivity contribution in [3.63, 3.8) is 0 Å². The Hall–Kier alpha value is -4.97. The van der Waals surface area contributed by atoms with E-state index in [1.54, 1.807) is 0 Å². The van der Waals surface area contributed by atoms with Crippen LogP contribution in [0.15, 0.2) is 158 Å². The highest BCUT2D eigenvalue weighted by Gasteiger charge is 2.19. The molecule has 0 heterocycles. The molecule has 6 nitrogen and oxygen atoms in total. The van der Waals surface area contributed by atoms with E-state index in [1.807, 2.05) is 0 Å². The van der Waals surface area contributed by atoms with Crippen LogP contribution in [0.4, 0.5) is 0 Å². The van der Waals surface area contributed by atoms with Gasteiger partial charge in [0.15, 0.2) is 6.10 Å². The summed E-state index contributed by atoms with van der Waals surface area (Å²) in [6, 6.07) is 0. The van der Waals surface area contributed by atoms with Crippen molar-refractivity contribution in [2.24, 2.45) is 0 Å². The van der Waals surface area contributed by atoms with Crippen LogP contribution in [0.2, 0.25) is 0 Å². The van der Waals surface area contributed by atoms with Gasteiger partial charge in [0.25, 0.3) is 0 Å². The molecule has 6 heteroatoms. The molecule has 0 radical (unpaired) electrons. The summed E-state index contributed by atoms with van der Waals surface area (Å²) < 4.78 is 16.8. The van der Waals surface area contributed by atoms with E-state index >= 15 is 0 Å². The van der Waals surface area contributed by atoms with Crippen molar-refractivity contribution in [3.8, 4) is 0 Å². The fourth-order valence-electron chi connectivity index (χ4n) is 7.90. The standard InChI is InChI=1S/C71H112O6/c1-4-7-10-13-16-19-22-24-26-28-29-30-31-32-33-34-35-36-37-38-39-40-41-43-44-46-49-52-55-58-61-64-70(73)76-67-68(66-75-69(72)63-60-57-54-51-48-21-18-15-12-9-6-3)77-71(74)65-62-59-56-53-50-47-45-42-27-25-23-20-17-14-11-8-5-2/h7-8,10-11,15-20,24-27,29-30,32-33,35-36,38-39,41,43,45,47,68H,4-6,9,12-14,21-23,28,31,34,37,40,42,44,46,48-67H2,1-3H3/b10-7-,11-8-,18-15-,19-16-,20-17-,26-24-,27-25-,30-29-,33-32-,36-35-,39-38-,43-41-,47-45-. The minimum Gasteiger partial charge on any atom is -0.462 e. The molecular weight excluding hydrogens is 949 g/mol. The van der Waals surface area contributed by atoms with Crippen LogP contribution in [0, 0.1) is 0 Å². The number of carbonyl (C=O) groups is 3. The van der Waals surface area contributed by atoms with Crippen molar-refractivity contribution < 1.29 is 28.6 Å². The van der Waals surface area contributed by atoms with Crippen molar-refractivity contribution in [1.82, 2.24) is 0 Å². The maximum atomic E-state index is 12.9. The van der Waals surface area contributed by atoms with E-state index < -0.39 is 6.10 Å². The van der Waals surface area contributed by atoms with Gasteiger partial charge < -0.3 is 14.2 Å². The zero-order valence-electron chi connectivity index (χ0n) is 49.4. The molecule has 0 aromatic heterocycles. The summed E-state index contributed by atoms with van der Waals surface area (Å²) in [5.41, 5.74) is 0. The number of hydrogen-bond donors (Lipinski definition) is 0. The van der Waals surface area contributed by atoms with E-state index in [0.29, 0.717) is 12.8 Å². The average molecular weight is 1060 g/mol. The predicted molar refractivity (Wildman–Crippen MR) is 334 cm³/mol. The molecule has 0 aromatic carbocycles. The molecule has 1 unspecified atom stereocenters. The van der Waals surface area contributed by atoms with E-state index in [1.165, 1.54) is 38.5 Å². The Morgan fingerprint density at radius 2 is 0.506 bits per heavy atom. The Morgan fingerprint density at radius 1 is 0.273 bits per heavy atom. The third-order valence-electron chi connectivity index (χ3n) is 12.5. The van der Waals surface area contributed by atoms with E-state index in [0.717, 1.165) is 173 Å². The molecule has 0 amide bonds. The minimum absolute atomic E-state index is 0.103. The second kappa shape index (κ2) is 63.6. The molecule has 77 heavy (non-hydrogen) atoms. The zero-order valence-corrected chi connectivity index (χ0v) is 49.4. The third-order valence-corrected chi connectivity index (χ3v) is 12.5. The van der Waals surface area contributed by atoms with Gasteiger partial charge in [0, 0.05) is 19.3 Å². The summed E-state index contributed by atoms with van der Waals surface area (Å²) >= 11 is 0. The topological polar surface area (TPSA) is 78.9 Å². The molecule has 0 saturated carbocycles. The van der Waals surface area contributed by atoms with Crippen molar-refractivity contribution in [3.05, 3.63) is 158 Å². The fraction of sp³-hybridized carbons (Fsp3) is 0.592. The first-order valence-corrected chi connectivity index (χ1v) is 31.0. The first-order chi connectivity index (χ1) is 38.0. The lowest BCUT2D eigenvalue weighted by atomic mass is 10.1. The van der Waals surface area contributed by atoms with Crippen molar-refractivity contribution in [2.75, 3.05) is 13.2 Å². The maximum Gasteiger partial charge on any atom is 0.306 e. The smallest absolute Gasteiger partial charge is 0.306 e. The van der Waals surface area contributed by atoms with Crippen molar-refractivity contribution in [1.29, 1.82) is 0 Å². The normalized spacial score (nSPS) is 13.2. The minimum atomic E-state index is -0.808. The molecule has 0 spiro atoms. The second-order valence-electron chi connectivity index (χ2n) is 19.8. The fourth-order valence-corrected chi connectivity index (χ4v) is 7.90. The van der Waals surface area contributed by atoms with Gasteiger partial charge in [-0.15, -0.1) is 0 Å². The zero-order chi connectivity index (χ0) is 55.7. The van der Waals surface area contributed by atoms with Gasteiger partial charge in [-0.2, -0.15) is 0 Å². The van der Waals surface area contributed by atoms with Crippen LogP contribution >= 0.6 is 0 Å². The molecule has 0 aliphatic rings. The number of rotatable bonds is 54. The first kappa shape index (κ1) is 72.0. The highest BCUT2D eigenvalue weighted by Crippen LogP contribution is 2.13. The number of unbranched alkanes of at least 4 members (excludes halogenated alkanes) is 17. The van der Waals surface area contributed by atoms with E-state index in [9.17, 15) is 14.4 Å². The van der Waals surface area contributed by atoms with E-state index in [-0.39, 0.29) is 37.5 Å². The molecule has 0 N–H and O–H groups in total. The van der Waals surface area contributed by atoms with Gasteiger partial charge in [-0.1, -0.05) is 249 Å². The first-order valence-electron chi connectivity index (χ1n) is 31.0. The van der Waals surface area contributed by atoms with Crippen LogP contribution in [0.3, 0.4) is 0 Å². The summed E-state index contributed by atoms with van der Waals surface area (Å²) in [6.07, 6.45) is 92.5. The lowest BCUT2D eigenvalue weighted by Gasteiger charge is -2.18. The van der Waals surface area contributed by atoms with Gasteiger partial charge >= 0.3 is 17.9 Å². The molecule has 0 aromatic rings. The van der Waals surface area contributed by atoms with Crippen LogP contribution in [0.1, 0.15) is 252 Å². The highest BCUT2D eigenvalue weighted by atomic mass is 16.6. The van der Waals surface area contributed by atoms with Crippen LogP contribution in [0.25, 0.3) is 0 Å². The molecular formula is C71H112O6. The predicted octanol–water partition coefficient (Wildman–Crippen LogP) is 21.3. The molecule has 1 atom stereocenters. The van der Waals surface area contributed by atoms with Crippen LogP contribution < -0.4 is 0 Å². The van der Waals surface area contributed by atoms with Gasteiger partial charge in [0.05, 0.1) is 0 Å². The van der Waals surface area contributed by atoms with E-state index in [2.05, 4.69) is 179 Å².